The molecule has 0 atom stereocenters. The van der Waals surface area contributed by atoms with Gasteiger partial charge in [0.15, 0.2) is 14.6 Å². The third-order valence-corrected chi connectivity index (χ3v) is 19.8. The minimum absolute atomic E-state index is 0. The van der Waals surface area contributed by atoms with Crippen LogP contribution in [0.3, 0.4) is 0 Å². The Morgan fingerprint density at radius 2 is 0.971 bits per heavy atom. The summed E-state index contributed by atoms with van der Waals surface area (Å²) in [6.07, 6.45) is 26.5. The molecule has 2 radical (unpaired) electrons. The molecule has 10 heteroatoms. The Kier molecular flexibility index (Phi) is 20.3. The first-order chi connectivity index (χ1) is 48.1. The number of nitrogens with zero attached hydrogens (tertiary/aromatic N) is 4. The molecular weight excluding hydrogens is 1420 g/mol. The average molecular weight is 1520 g/mol. The first kappa shape index (κ1) is 72.2. The predicted octanol–water partition coefficient (Wildman–Crippen LogP) is 22.9. The number of para-hydroxylation sites is 2. The van der Waals surface area contributed by atoms with E-state index < -0.39 is 5.41 Å². The van der Waals surface area contributed by atoms with Gasteiger partial charge in [-0.25, -0.2) is 4.98 Å². The number of anilines is 4. The van der Waals surface area contributed by atoms with E-state index in [-0.39, 0.29) is 48.1 Å². The fourth-order valence-corrected chi connectivity index (χ4v) is 14.0. The Hall–Kier alpha value is -9.55. The summed E-state index contributed by atoms with van der Waals surface area (Å²) in [6, 6.07) is 68.1. The molecule has 0 spiro atoms. The number of benzene rings is 8. The molecule has 0 saturated carbocycles. The number of allylic oxidation sites excluding steroid dienone is 8. The molecule has 102 heavy (non-hydrogen) atoms. The van der Waals surface area contributed by atoms with Crippen molar-refractivity contribution in [3.63, 3.8) is 0 Å². The van der Waals surface area contributed by atoms with Crippen molar-refractivity contribution in [1.29, 1.82) is 0 Å². The van der Waals surface area contributed by atoms with Gasteiger partial charge in [0.25, 0.3) is 0 Å². The Bertz CT molecular complexity index is 4900. The quantitative estimate of drug-likeness (QED) is 0.0994. The van der Waals surface area contributed by atoms with Crippen molar-refractivity contribution >= 4 is 70.1 Å². The molecule has 13 rings (SSSR count). The average Bonchev–Trinajstić information content (AvgIpc) is 1.41. The topological polar surface area (TPSA) is 57.6 Å². The van der Waals surface area contributed by atoms with E-state index in [1.54, 1.807) is 0 Å². The molecule has 2 N–H and O–H groups in total. The molecule has 10 aromatic rings. The molecule has 5 heterocycles. The molecule has 0 unspecified atom stereocenters. The van der Waals surface area contributed by atoms with Crippen molar-refractivity contribution < 1.29 is 25.8 Å². The molecule has 3 aliphatic heterocycles. The minimum atomic E-state index is -0.503. The molecule has 7 nitrogen and oxygen atoms in total. The SMILES string of the molecule is CC(C)(C)c1cc(/C2=C/C=C\N/C=C\C=C/[B]2)c(N2[CH-]N(c3[c-]c(Oc4[c-]c5c(cc4)c4cc(C(C)(C)C)ccc4n5-c4cc(C(C)(c5ccccc5)c5ccccc5)ccn4)cc(-c4c(C(C)(C)C)cc(C(C)(C)C)cc4C(C)(C)C)c3)c3ccccc32)c(/C2=C/C=C\N/C=C\C=C/[B]2)c1.[Pt]. The van der Waals surface area contributed by atoms with Gasteiger partial charge in [0.05, 0.1) is 0 Å². The summed E-state index contributed by atoms with van der Waals surface area (Å²) < 4.78 is 9.77. The van der Waals surface area contributed by atoms with Crippen molar-refractivity contribution in [2.45, 2.75) is 143 Å². The van der Waals surface area contributed by atoms with E-state index >= 15 is 0 Å². The molecule has 0 bridgehead atoms. The molecule has 8 aromatic carbocycles. The fourth-order valence-electron chi connectivity index (χ4n) is 14.0. The van der Waals surface area contributed by atoms with E-state index in [0.717, 1.165) is 83.6 Å². The maximum absolute atomic E-state index is 7.49. The Morgan fingerprint density at radius 3 is 1.52 bits per heavy atom. The van der Waals surface area contributed by atoms with Crippen LogP contribution in [0.2, 0.25) is 0 Å². The van der Waals surface area contributed by atoms with Crippen LogP contribution in [0.25, 0.3) is 49.7 Å². The minimum Gasteiger partial charge on any atom is -0.509 e. The summed E-state index contributed by atoms with van der Waals surface area (Å²) in [4.78, 5) is 9.95. The summed E-state index contributed by atoms with van der Waals surface area (Å²) in [5.74, 6) is 6.14. The summed E-state index contributed by atoms with van der Waals surface area (Å²) >= 11 is 0. The third kappa shape index (κ3) is 14.8. The van der Waals surface area contributed by atoms with E-state index in [1.807, 2.05) is 43.1 Å². The maximum atomic E-state index is 7.49. The van der Waals surface area contributed by atoms with Crippen molar-refractivity contribution in [2.24, 2.45) is 0 Å². The van der Waals surface area contributed by atoms with Crippen molar-refractivity contribution in [1.82, 2.24) is 20.2 Å². The summed E-state index contributed by atoms with van der Waals surface area (Å²) in [7, 11) is 4.44. The zero-order valence-corrected chi connectivity index (χ0v) is 64.3. The van der Waals surface area contributed by atoms with Gasteiger partial charge in [0, 0.05) is 91.6 Å². The van der Waals surface area contributed by atoms with Crippen LogP contribution in [0, 0.1) is 18.8 Å². The van der Waals surface area contributed by atoms with Gasteiger partial charge in [-0.15, -0.1) is 65.6 Å². The zero-order valence-electron chi connectivity index (χ0n) is 62.0. The Labute approximate surface area is 623 Å². The Balaban J connectivity index is 0.00000982. The molecule has 2 aromatic heterocycles. The van der Waals surface area contributed by atoms with Gasteiger partial charge < -0.3 is 29.7 Å². The van der Waals surface area contributed by atoms with E-state index in [4.69, 9.17) is 9.72 Å². The Morgan fingerprint density at radius 1 is 0.441 bits per heavy atom. The van der Waals surface area contributed by atoms with Crippen LogP contribution < -0.4 is 25.2 Å². The largest absolute Gasteiger partial charge is 0.509 e. The van der Waals surface area contributed by atoms with Crippen LogP contribution in [-0.2, 0) is 53.6 Å². The number of pyridine rings is 1. The number of aromatic nitrogens is 2. The number of hydrogen-bond acceptors (Lipinski definition) is 6. The van der Waals surface area contributed by atoms with Crippen LogP contribution >= 0.6 is 0 Å². The summed E-state index contributed by atoms with van der Waals surface area (Å²) in [5, 5.41) is 8.80. The van der Waals surface area contributed by atoms with Gasteiger partial charge >= 0.3 is 0 Å². The van der Waals surface area contributed by atoms with Gasteiger partial charge in [-0.05, 0) is 167 Å². The van der Waals surface area contributed by atoms with E-state index in [1.165, 1.54) is 44.5 Å². The van der Waals surface area contributed by atoms with Crippen molar-refractivity contribution in [3.8, 4) is 28.4 Å². The maximum Gasteiger partial charge on any atom is 0.182 e. The van der Waals surface area contributed by atoms with Crippen LogP contribution in [0.15, 0.2) is 255 Å². The second-order valence-electron chi connectivity index (χ2n) is 32.2. The first-order valence-electron chi connectivity index (χ1n) is 35.5. The molecule has 0 aliphatic carbocycles. The monoisotopic (exact) mass is 1510 g/mol. The van der Waals surface area contributed by atoms with Gasteiger partial charge in [-0.1, -0.05) is 242 Å². The van der Waals surface area contributed by atoms with E-state index in [2.05, 4.69) is 381 Å². The number of hydrogen-bond donors (Lipinski definition) is 2. The van der Waals surface area contributed by atoms with Crippen molar-refractivity contribution in [3.05, 3.63) is 330 Å². The van der Waals surface area contributed by atoms with Crippen LogP contribution in [-0.4, -0.2) is 24.1 Å². The van der Waals surface area contributed by atoms with Gasteiger partial charge in [-0.2, -0.15) is 6.07 Å². The molecular formula is C92H93B2N6OPt-3. The molecule has 0 saturated heterocycles. The van der Waals surface area contributed by atoms with Crippen LogP contribution in [0.4, 0.5) is 22.7 Å². The van der Waals surface area contributed by atoms with Gasteiger partial charge in [-0.3, -0.25) is 0 Å². The van der Waals surface area contributed by atoms with E-state index in [9.17, 15) is 0 Å². The van der Waals surface area contributed by atoms with E-state index in [0.29, 0.717) is 11.5 Å². The number of ether oxygens (including phenoxy) is 1. The normalized spacial score (nSPS) is 17.4. The summed E-state index contributed by atoms with van der Waals surface area (Å²) in [5.41, 5.74) is 20.6. The smallest absolute Gasteiger partial charge is 0.182 e. The molecule has 3 aliphatic rings. The second-order valence-corrected chi connectivity index (χ2v) is 32.2. The standard InChI is InChI=1S/C92H93B2N6O.Pt/c1-87(2,3)65-39-42-80-73(53-65)72-41-40-70(60-83(72)100(80)84-58-66(43-50-97-84)92(16,63-31-19-17-20-32-63)64-33-21-18-22-34-64)101-71-52-62(85-76(90(10,11)12)56-68(89(7,8)9)57-77(85)91(13,14)15)51-69(59-71)98-61-99(82-38-24-23-37-81(82)98)86-74(78-35-29-48-95-46-27-25-44-93-78)54-67(88(4,5)6)55-75(86)79-36-30-49-96-47-28-26-45-94-79;/h17-58,61,95-96H,1-16H3;/q-3;/b44-25-,45-26-,46-27-,47-28-,48-29-,49-30-,78-35-,79-36-;. The number of nitrogens with one attached hydrogen (secondary N) is 2. The third-order valence-electron chi connectivity index (χ3n) is 19.8. The number of rotatable bonds is 11. The zero-order chi connectivity index (χ0) is 71.2. The molecule has 516 valence electrons. The van der Waals surface area contributed by atoms with Crippen LogP contribution in [0.5, 0.6) is 11.5 Å². The van der Waals surface area contributed by atoms with Crippen LogP contribution in [0.1, 0.15) is 166 Å². The first-order valence-corrected chi connectivity index (χ1v) is 35.5. The molecule has 0 amide bonds. The fraction of sp³-hybridized carbons (Fsp3) is 0.239. The molecule has 0 fully saturated rings. The van der Waals surface area contributed by atoms with Gasteiger partial charge in [0.2, 0.25) is 0 Å². The van der Waals surface area contributed by atoms with Gasteiger partial charge in [0.1, 0.15) is 5.82 Å². The summed E-state index contributed by atoms with van der Waals surface area (Å²) in [6.45, 7) is 39.4. The number of fused-ring (bicyclic) bond motifs is 4. The predicted molar refractivity (Wildman–Crippen MR) is 430 cm³/mol. The second kappa shape index (κ2) is 28.7. The van der Waals surface area contributed by atoms with Crippen molar-refractivity contribution in [2.75, 3.05) is 9.80 Å².